The van der Waals surface area contributed by atoms with Crippen LogP contribution in [0.5, 0.6) is 17.2 Å². The van der Waals surface area contributed by atoms with Gasteiger partial charge in [0.25, 0.3) is 5.91 Å². The van der Waals surface area contributed by atoms with Crippen LogP contribution < -0.4 is 14.2 Å². The molecule has 0 fully saturated rings. The standard InChI is InChI=1S/C18H20ClNO4/c1-20(8-9-24-17-7-5-4-6-16(17)19)18(21)13-10-14(22-2)12-15(11-13)23-3/h4-7,10-12H,8-9H2,1-3H3. The van der Waals surface area contributed by atoms with E-state index in [1.54, 1.807) is 56.5 Å². The van der Waals surface area contributed by atoms with Gasteiger partial charge in [-0.25, -0.2) is 0 Å². The van der Waals surface area contributed by atoms with Crippen LogP contribution in [0.4, 0.5) is 0 Å². The third-order valence-corrected chi connectivity index (χ3v) is 3.78. The Bertz CT molecular complexity index is 683. The molecule has 1 amide bonds. The van der Waals surface area contributed by atoms with Gasteiger partial charge in [-0.3, -0.25) is 4.79 Å². The number of hydrogen-bond donors (Lipinski definition) is 0. The monoisotopic (exact) mass is 349 g/mol. The molecule has 5 nitrogen and oxygen atoms in total. The lowest BCUT2D eigenvalue weighted by atomic mass is 10.1. The van der Waals surface area contributed by atoms with E-state index in [0.717, 1.165) is 0 Å². The summed E-state index contributed by atoms with van der Waals surface area (Å²) in [5.41, 5.74) is 0.492. The number of halogens is 1. The van der Waals surface area contributed by atoms with Crippen molar-refractivity contribution in [3.8, 4) is 17.2 Å². The highest BCUT2D eigenvalue weighted by Crippen LogP contribution is 2.24. The maximum atomic E-state index is 12.5. The topological polar surface area (TPSA) is 48.0 Å². The molecule has 0 atom stereocenters. The molecule has 128 valence electrons. The van der Waals surface area contributed by atoms with Crippen molar-refractivity contribution in [2.45, 2.75) is 0 Å². The molecule has 0 spiro atoms. The average Bonchev–Trinajstić information content (AvgIpc) is 2.62. The number of likely N-dealkylation sites (N-methyl/N-ethyl adjacent to an activating group) is 1. The fourth-order valence-electron chi connectivity index (χ4n) is 2.11. The van der Waals surface area contributed by atoms with Gasteiger partial charge in [-0.1, -0.05) is 23.7 Å². The van der Waals surface area contributed by atoms with E-state index >= 15 is 0 Å². The summed E-state index contributed by atoms with van der Waals surface area (Å²) in [7, 11) is 4.80. The lowest BCUT2D eigenvalue weighted by molar-refractivity contribution is 0.0773. The van der Waals surface area contributed by atoms with Gasteiger partial charge in [0.2, 0.25) is 0 Å². The van der Waals surface area contributed by atoms with E-state index < -0.39 is 0 Å². The van der Waals surface area contributed by atoms with Gasteiger partial charge in [-0.2, -0.15) is 0 Å². The Balaban J connectivity index is 1.98. The molecular formula is C18H20ClNO4. The molecule has 0 unspecified atom stereocenters. The summed E-state index contributed by atoms with van der Waals surface area (Å²) in [6.07, 6.45) is 0. The maximum Gasteiger partial charge on any atom is 0.253 e. The Kier molecular flexibility index (Phi) is 6.32. The van der Waals surface area contributed by atoms with Crippen molar-refractivity contribution in [1.82, 2.24) is 4.90 Å². The minimum atomic E-state index is -0.144. The lowest BCUT2D eigenvalue weighted by Crippen LogP contribution is -2.30. The Morgan fingerprint density at radius 2 is 1.71 bits per heavy atom. The summed E-state index contributed by atoms with van der Waals surface area (Å²) in [6, 6.07) is 12.3. The van der Waals surface area contributed by atoms with Crippen molar-refractivity contribution in [2.75, 3.05) is 34.4 Å². The number of benzene rings is 2. The number of ether oxygens (including phenoxy) is 3. The zero-order valence-electron chi connectivity index (χ0n) is 13.9. The van der Waals surface area contributed by atoms with Crippen LogP contribution in [-0.2, 0) is 0 Å². The van der Waals surface area contributed by atoms with Crippen LogP contribution in [0.1, 0.15) is 10.4 Å². The van der Waals surface area contributed by atoms with E-state index in [4.69, 9.17) is 25.8 Å². The molecule has 0 aromatic heterocycles. The van der Waals surface area contributed by atoms with E-state index in [1.165, 1.54) is 0 Å². The largest absolute Gasteiger partial charge is 0.497 e. The molecule has 24 heavy (non-hydrogen) atoms. The lowest BCUT2D eigenvalue weighted by Gasteiger charge is -2.18. The van der Waals surface area contributed by atoms with Crippen molar-refractivity contribution in [3.05, 3.63) is 53.1 Å². The zero-order valence-corrected chi connectivity index (χ0v) is 14.7. The average molecular weight is 350 g/mol. The number of carbonyl (C=O) groups excluding carboxylic acids is 1. The van der Waals surface area contributed by atoms with Crippen LogP contribution in [0.25, 0.3) is 0 Å². The molecule has 2 aromatic carbocycles. The molecule has 0 N–H and O–H groups in total. The van der Waals surface area contributed by atoms with Gasteiger partial charge >= 0.3 is 0 Å². The van der Waals surface area contributed by atoms with Crippen LogP contribution in [0.3, 0.4) is 0 Å². The van der Waals surface area contributed by atoms with Gasteiger partial charge in [-0.15, -0.1) is 0 Å². The summed E-state index contributed by atoms with van der Waals surface area (Å²) in [5, 5.41) is 0.545. The molecule has 0 heterocycles. The van der Waals surface area contributed by atoms with Crippen molar-refractivity contribution in [1.29, 1.82) is 0 Å². The summed E-state index contributed by atoms with van der Waals surface area (Å²) < 4.78 is 16.0. The first-order valence-electron chi connectivity index (χ1n) is 7.41. The van der Waals surface area contributed by atoms with E-state index in [2.05, 4.69) is 0 Å². The fourth-order valence-corrected chi connectivity index (χ4v) is 2.30. The second kappa shape index (κ2) is 8.45. The van der Waals surface area contributed by atoms with Gasteiger partial charge in [0, 0.05) is 18.7 Å². The Hall–Kier alpha value is -2.40. The molecule has 0 aliphatic carbocycles. The van der Waals surface area contributed by atoms with Crippen LogP contribution in [-0.4, -0.2) is 45.2 Å². The van der Waals surface area contributed by atoms with Crippen LogP contribution >= 0.6 is 11.6 Å². The van der Waals surface area contributed by atoms with Crippen LogP contribution in [0, 0.1) is 0 Å². The van der Waals surface area contributed by atoms with Crippen LogP contribution in [0.15, 0.2) is 42.5 Å². The molecule has 2 aromatic rings. The summed E-state index contributed by atoms with van der Waals surface area (Å²) in [5.74, 6) is 1.59. The van der Waals surface area contributed by atoms with Gasteiger partial charge in [-0.05, 0) is 24.3 Å². The van der Waals surface area contributed by atoms with E-state index in [-0.39, 0.29) is 5.91 Å². The zero-order chi connectivity index (χ0) is 17.5. The number of methoxy groups -OCH3 is 2. The first kappa shape index (κ1) is 17.9. The second-order valence-electron chi connectivity index (χ2n) is 5.11. The molecule has 0 bridgehead atoms. The highest BCUT2D eigenvalue weighted by atomic mass is 35.5. The molecule has 2 rings (SSSR count). The predicted molar refractivity (Wildman–Crippen MR) is 93.5 cm³/mol. The Morgan fingerprint density at radius 3 is 2.29 bits per heavy atom. The molecule has 0 aliphatic rings. The van der Waals surface area contributed by atoms with Gasteiger partial charge in [0.1, 0.15) is 23.9 Å². The van der Waals surface area contributed by atoms with Gasteiger partial charge < -0.3 is 19.1 Å². The first-order chi connectivity index (χ1) is 11.5. The quantitative estimate of drug-likeness (QED) is 0.767. The SMILES string of the molecule is COc1cc(OC)cc(C(=O)N(C)CCOc2ccccc2Cl)c1. The number of rotatable bonds is 7. The normalized spacial score (nSPS) is 10.2. The minimum Gasteiger partial charge on any atom is -0.497 e. The van der Waals surface area contributed by atoms with Crippen molar-refractivity contribution in [3.63, 3.8) is 0 Å². The number of para-hydroxylation sites is 1. The number of hydrogen-bond acceptors (Lipinski definition) is 4. The molecular weight excluding hydrogens is 330 g/mol. The van der Waals surface area contributed by atoms with Crippen molar-refractivity contribution < 1.29 is 19.0 Å². The molecule has 0 radical (unpaired) electrons. The first-order valence-corrected chi connectivity index (χ1v) is 7.79. The molecule has 0 aliphatic heterocycles. The highest BCUT2D eigenvalue weighted by Gasteiger charge is 2.14. The molecule has 0 saturated carbocycles. The fraction of sp³-hybridized carbons (Fsp3) is 0.278. The highest BCUT2D eigenvalue weighted by molar-refractivity contribution is 6.32. The maximum absolute atomic E-state index is 12.5. The summed E-state index contributed by atoms with van der Waals surface area (Å²) in [6.45, 7) is 0.761. The third kappa shape index (κ3) is 4.55. The van der Waals surface area contributed by atoms with E-state index in [9.17, 15) is 4.79 Å². The van der Waals surface area contributed by atoms with Gasteiger partial charge in [0.15, 0.2) is 0 Å². The predicted octanol–water partition coefficient (Wildman–Crippen LogP) is 3.51. The van der Waals surface area contributed by atoms with Gasteiger partial charge in [0.05, 0.1) is 25.8 Å². The Labute approximate surface area is 146 Å². The van der Waals surface area contributed by atoms with E-state index in [1.807, 2.05) is 12.1 Å². The molecule has 6 heteroatoms. The number of nitrogens with zero attached hydrogens (tertiary/aromatic N) is 1. The third-order valence-electron chi connectivity index (χ3n) is 3.47. The smallest absolute Gasteiger partial charge is 0.253 e. The minimum absolute atomic E-state index is 0.144. The summed E-state index contributed by atoms with van der Waals surface area (Å²) in [4.78, 5) is 14.1. The number of carbonyl (C=O) groups is 1. The number of amides is 1. The Morgan fingerprint density at radius 1 is 1.08 bits per heavy atom. The molecule has 0 saturated heterocycles. The van der Waals surface area contributed by atoms with Crippen LogP contribution in [0.2, 0.25) is 5.02 Å². The second-order valence-corrected chi connectivity index (χ2v) is 5.51. The summed E-state index contributed by atoms with van der Waals surface area (Å²) >= 11 is 6.03. The van der Waals surface area contributed by atoms with Crippen molar-refractivity contribution >= 4 is 17.5 Å². The van der Waals surface area contributed by atoms with Crippen molar-refractivity contribution in [2.24, 2.45) is 0 Å². The van der Waals surface area contributed by atoms with E-state index in [0.29, 0.717) is 41.0 Å².